The average Bonchev–Trinajstić information content (AvgIpc) is 2.56. The van der Waals surface area contributed by atoms with Crippen LogP contribution in [0.1, 0.15) is 23.1 Å². The van der Waals surface area contributed by atoms with Crippen molar-refractivity contribution < 1.29 is 4.79 Å². The molecule has 0 saturated heterocycles. The summed E-state index contributed by atoms with van der Waals surface area (Å²) in [6, 6.07) is 6.17. The highest BCUT2D eigenvalue weighted by Gasteiger charge is 2.17. The highest BCUT2D eigenvalue weighted by molar-refractivity contribution is 6.14. The summed E-state index contributed by atoms with van der Waals surface area (Å²) in [4.78, 5) is 11.0. The van der Waals surface area contributed by atoms with Crippen LogP contribution in [0.2, 0.25) is 0 Å². The number of aryl methyl sites for hydroxylation is 2. The van der Waals surface area contributed by atoms with Crippen LogP contribution in [0.5, 0.6) is 0 Å². The normalized spacial score (nSPS) is 15.3. The molecular formula is C11H12N2O. The van der Waals surface area contributed by atoms with Crippen LogP contribution < -0.4 is 5.43 Å². The number of nitrogens with one attached hydrogen (secondary N) is 1. The predicted molar refractivity (Wildman–Crippen MR) is 55.2 cm³/mol. The number of carbonyl (C=O) groups excluding carboxylic acids is 1. The Labute approximate surface area is 82.8 Å². The van der Waals surface area contributed by atoms with Gasteiger partial charge in [-0.2, -0.15) is 5.10 Å². The molecule has 0 bridgehead atoms. The van der Waals surface area contributed by atoms with Gasteiger partial charge in [-0.1, -0.05) is 17.7 Å². The maximum atomic E-state index is 11.0. The van der Waals surface area contributed by atoms with Gasteiger partial charge in [0.2, 0.25) is 5.91 Å². The molecule has 72 valence electrons. The van der Waals surface area contributed by atoms with E-state index in [1.807, 2.05) is 13.8 Å². The summed E-state index contributed by atoms with van der Waals surface area (Å²) in [6.45, 7) is 4.06. The molecule has 1 heterocycles. The summed E-state index contributed by atoms with van der Waals surface area (Å²) in [5.74, 6) is -0.0269. The SMILES string of the molecule is Cc1ccc(C)c(C2=NNC(=O)C2)c1. The molecule has 0 fully saturated rings. The third kappa shape index (κ3) is 1.53. The molecular weight excluding hydrogens is 176 g/mol. The molecule has 0 unspecified atom stereocenters. The predicted octanol–water partition coefficient (Wildman–Crippen LogP) is 1.53. The topological polar surface area (TPSA) is 41.5 Å². The van der Waals surface area contributed by atoms with Crippen molar-refractivity contribution in [1.82, 2.24) is 5.43 Å². The summed E-state index contributed by atoms with van der Waals surface area (Å²) < 4.78 is 0. The number of nitrogens with zero attached hydrogens (tertiary/aromatic N) is 1. The largest absolute Gasteiger partial charge is 0.273 e. The van der Waals surface area contributed by atoms with Gasteiger partial charge in [-0.25, -0.2) is 5.43 Å². The first-order valence-corrected chi connectivity index (χ1v) is 4.60. The molecule has 0 radical (unpaired) electrons. The Morgan fingerprint density at radius 1 is 1.36 bits per heavy atom. The molecule has 1 amide bonds. The van der Waals surface area contributed by atoms with Gasteiger partial charge >= 0.3 is 0 Å². The van der Waals surface area contributed by atoms with Crippen LogP contribution in [0.25, 0.3) is 0 Å². The van der Waals surface area contributed by atoms with Crippen LogP contribution in [0.3, 0.4) is 0 Å². The van der Waals surface area contributed by atoms with Crippen molar-refractivity contribution in [3.05, 3.63) is 34.9 Å². The number of rotatable bonds is 1. The zero-order valence-electron chi connectivity index (χ0n) is 8.29. The van der Waals surface area contributed by atoms with Gasteiger partial charge in [-0.15, -0.1) is 0 Å². The monoisotopic (exact) mass is 188 g/mol. The van der Waals surface area contributed by atoms with E-state index in [0.717, 1.165) is 16.8 Å². The lowest BCUT2D eigenvalue weighted by Crippen LogP contribution is -2.09. The summed E-state index contributed by atoms with van der Waals surface area (Å²) in [6.07, 6.45) is 0.393. The van der Waals surface area contributed by atoms with Gasteiger partial charge in [0.05, 0.1) is 12.1 Å². The molecule has 0 aliphatic carbocycles. The van der Waals surface area contributed by atoms with Crippen molar-refractivity contribution in [2.24, 2.45) is 5.10 Å². The summed E-state index contributed by atoms with van der Waals surface area (Å²) >= 11 is 0. The third-order valence-corrected chi connectivity index (χ3v) is 2.35. The van der Waals surface area contributed by atoms with E-state index in [1.165, 1.54) is 5.56 Å². The van der Waals surface area contributed by atoms with Gasteiger partial charge in [-0.3, -0.25) is 4.79 Å². The summed E-state index contributed by atoms with van der Waals surface area (Å²) in [5, 5.41) is 4.01. The minimum Gasteiger partial charge on any atom is -0.273 e. The average molecular weight is 188 g/mol. The molecule has 1 aromatic carbocycles. The second-order valence-corrected chi connectivity index (χ2v) is 3.59. The number of hydrazone groups is 1. The number of benzene rings is 1. The fourth-order valence-corrected chi connectivity index (χ4v) is 1.56. The lowest BCUT2D eigenvalue weighted by atomic mass is 10.00. The fourth-order valence-electron chi connectivity index (χ4n) is 1.56. The smallest absolute Gasteiger partial charge is 0.246 e. The van der Waals surface area contributed by atoms with Crippen LogP contribution in [0.15, 0.2) is 23.3 Å². The second kappa shape index (κ2) is 3.25. The molecule has 2 rings (SSSR count). The fraction of sp³-hybridized carbons (Fsp3) is 0.273. The van der Waals surface area contributed by atoms with Crippen LogP contribution in [0.4, 0.5) is 0 Å². The lowest BCUT2D eigenvalue weighted by molar-refractivity contribution is -0.119. The van der Waals surface area contributed by atoms with E-state index in [9.17, 15) is 4.79 Å². The van der Waals surface area contributed by atoms with E-state index in [4.69, 9.17) is 0 Å². The van der Waals surface area contributed by atoms with E-state index in [1.54, 1.807) is 0 Å². The molecule has 1 aliphatic rings. The Bertz CT molecular complexity index is 421. The molecule has 1 aromatic rings. The van der Waals surface area contributed by atoms with Gasteiger partial charge in [0.25, 0.3) is 0 Å². The van der Waals surface area contributed by atoms with Crippen LogP contribution in [-0.2, 0) is 4.79 Å². The Kier molecular flexibility index (Phi) is 2.08. The van der Waals surface area contributed by atoms with E-state index < -0.39 is 0 Å². The standard InChI is InChI=1S/C11H12N2O/c1-7-3-4-8(2)9(5-7)10-6-11(14)13-12-10/h3-5H,6H2,1-2H3,(H,13,14). The number of carbonyl (C=O) groups is 1. The Balaban J connectivity index is 2.41. The van der Waals surface area contributed by atoms with Crippen LogP contribution >= 0.6 is 0 Å². The van der Waals surface area contributed by atoms with Crippen LogP contribution in [0, 0.1) is 13.8 Å². The summed E-state index contributed by atoms with van der Waals surface area (Å²) in [7, 11) is 0. The van der Waals surface area contributed by atoms with Gasteiger partial charge < -0.3 is 0 Å². The molecule has 0 aromatic heterocycles. The highest BCUT2D eigenvalue weighted by atomic mass is 16.2. The molecule has 0 saturated carbocycles. The quantitative estimate of drug-likeness (QED) is 0.713. The number of hydrogen-bond acceptors (Lipinski definition) is 2. The maximum Gasteiger partial charge on any atom is 0.246 e. The molecule has 1 N–H and O–H groups in total. The zero-order valence-corrected chi connectivity index (χ0v) is 8.29. The molecule has 0 spiro atoms. The molecule has 1 aliphatic heterocycles. The summed E-state index contributed by atoms with van der Waals surface area (Å²) in [5.41, 5.74) is 6.73. The van der Waals surface area contributed by atoms with Gasteiger partial charge in [0.15, 0.2) is 0 Å². The van der Waals surface area contributed by atoms with Crippen molar-refractivity contribution in [1.29, 1.82) is 0 Å². The van der Waals surface area contributed by atoms with Crippen molar-refractivity contribution in [3.63, 3.8) is 0 Å². The molecule has 0 atom stereocenters. The lowest BCUT2D eigenvalue weighted by Gasteiger charge is -2.04. The minimum atomic E-state index is -0.0269. The Morgan fingerprint density at radius 3 is 2.79 bits per heavy atom. The van der Waals surface area contributed by atoms with E-state index in [-0.39, 0.29) is 5.91 Å². The first kappa shape index (κ1) is 8.94. The van der Waals surface area contributed by atoms with E-state index in [0.29, 0.717) is 6.42 Å². The van der Waals surface area contributed by atoms with E-state index >= 15 is 0 Å². The molecule has 14 heavy (non-hydrogen) atoms. The van der Waals surface area contributed by atoms with Crippen molar-refractivity contribution in [2.75, 3.05) is 0 Å². The minimum absolute atomic E-state index is 0.0269. The Morgan fingerprint density at radius 2 is 2.14 bits per heavy atom. The first-order valence-electron chi connectivity index (χ1n) is 4.60. The molecule has 3 nitrogen and oxygen atoms in total. The Hall–Kier alpha value is -1.64. The van der Waals surface area contributed by atoms with Gasteiger partial charge in [0, 0.05) is 5.56 Å². The van der Waals surface area contributed by atoms with E-state index in [2.05, 4.69) is 28.7 Å². The first-order chi connectivity index (χ1) is 6.66. The van der Waals surface area contributed by atoms with Crippen molar-refractivity contribution >= 4 is 11.6 Å². The second-order valence-electron chi connectivity index (χ2n) is 3.59. The zero-order chi connectivity index (χ0) is 10.1. The number of amides is 1. The van der Waals surface area contributed by atoms with Gasteiger partial charge in [-0.05, 0) is 25.5 Å². The highest BCUT2D eigenvalue weighted by Crippen LogP contribution is 2.15. The van der Waals surface area contributed by atoms with Crippen molar-refractivity contribution in [3.8, 4) is 0 Å². The van der Waals surface area contributed by atoms with Crippen LogP contribution in [-0.4, -0.2) is 11.6 Å². The van der Waals surface area contributed by atoms with Crippen molar-refractivity contribution in [2.45, 2.75) is 20.3 Å². The number of hydrogen-bond donors (Lipinski definition) is 1. The van der Waals surface area contributed by atoms with Gasteiger partial charge in [0.1, 0.15) is 0 Å². The maximum absolute atomic E-state index is 11.0. The molecule has 3 heteroatoms. The third-order valence-electron chi connectivity index (χ3n) is 2.35.